The molecule has 0 heterocycles. The van der Waals surface area contributed by atoms with Gasteiger partial charge in [0.2, 0.25) is 5.91 Å². The molecular formula is C12H21N3OS. The van der Waals surface area contributed by atoms with Crippen LogP contribution in [-0.4, -0.2) is 41.5 Å². The first kappa shape index (κ1) is 12.8. The van der Waals surface area contributed by atoms with E-state index in [2.05, 4.69) is 10.2 Å². The molecule has 2 fully saturated rings. The number of rotatable bonds is 8. The molecule has 0 radical (unpaired) electrons. The summed E-state index contributed by atoms with van der Waals surface area (Å²) in [5, 5.41) is 3.00. The Bertz CT molecular complexity index is 300. The van der Waals surface area contributed by atoms with Gasteiger partial charge in [-0.1, -0.05) is 12.2 Å². The number of nitrogens with one attached hydrogen (secondary N) is 1. The number of hydrogen-bond acceptors (Lipinski definition) is 3. The van der Waals surface area contributed by atoms with E-state index in [-0.39, 0.29) is 5.91 Å². The maximum absolute atomic E-state index is 11.7. The van der Waals surface area contributed by atoms with Gasteiger partial charge in [-0.2, -0.15) is 0 Å². The maximum atomic E-state index is 11.7. The third-order valence-corrected chi connectivity index (χ3v) is 3.54. The van der Waals surface area contributed by atoms with Crippen molar-refractivity contribution in [2.75, 3.05) is 19.6 Å². The summed E-state index contributed by atoms with van der Waals surface area (Å²) in [6.45, 7) is 2.17. The van der Waals surface area contributed by atoms with Crippen LogP contribution in [0.2, 0.25) is 0 Å². The van der Waals surface area contributed by atoms with E-state index in [0.29, 0.717) is 24.0 Å². The molecule has 2 rings (SSSR count). The average molecular weight is 255 g/mol. The third-order valence-electron chi connectivity index (χ3n) is 3.34. The zero-order valence-corrected chi connectivity index (χ0v) is 11.0. The molecule has 0 bridgehead atoms. The van der Waals surface area contributed by atoms with Crippen LogP contribution in [0.1, 0.15) is 32.1 Å². The van der Waals surface area contributed by atoms with Crippen molar-refractivity contribution >= 4 is 23.1 Å². The summed E-state index contributed by atoms with van der Waals surface area (Å²) in [6, 6.07) is 0.580. The lowest BCUT2D eigenvalue weighted by atomic mass is 10.3. The lowest BCUT2D eigenvalue weighted by molar-refractivity contribution is -0.122. The van der Waals surface area contributed by atoms with E-state index in [1.165, 1.54) is 25.7 Å². The molecule has 0 spiro atoms. The largest absolute Gasteiger partial charge is 0.393 e. The molecule has 2 aliphatic carbocycles. The van der Waals surface area contributed by atoms with Gasteiger partial charge in [-0.15, -0.1) is 0 Å². The molecule has 1 amide bonds. The molecular weight excluding hydrogens is 234 g/mol. The normalized spacial score (nSPS) is 19.4. The van der Waals surface area contributed by atoms with Gasteiger partial charge < -0.3 is 11.1 Å². The molecule has 0 unspecified atom stereocenters. The number of thiocarbonyl (C=S) groups is 1. The van der Waals surface area contributed by atoms with E-state index in [9.17, 15) is 4.79 Å². The van der Waals surface area contributed by atoms with E-state index in [1.54, 1.807) is 0 Å². The van der Waals surface area contributed by atoms with E-state index in [0.717, 1.165) is 19.0 Å². The topological polar surface area (TPSA) is 58.4 Å². The van der Waals surface area contributed by atoms with E-state index in [4.69, 9.17) is 18.0 Å². The Kier molecular flexibility index (Phi) is 4.34. The summed E-state index contributed by atoms with van der Waals surface area (Å²) in [5.41, 5.74) is 5.50. The van der Waals surface area contributed by atoms with Crippen molar-refractivity contribution in [3.05, 3.63) is 0 Å². The smallest absolute Gasteiger partial charge is 0.234 e. The molecule has 0 aromatic carbocycles. The highest BCUT2D eigenvalue weighted by atomic mass is 32.1. The molecule has 4 nitrogen and oxygen atoms in total. The Morgan fingerprint density at radius 3 is 2.59 bits per heavy atom. The van der Waals surface area contributed by atoms with Gasteiger partial charge in [0, 0.05) is 25.6 Å². The predicted molar refractivity (Wildman–Crippen MR) is 71.7 cm³/mol. The van der Waals surface area contributed by atoms with Crippen LogP contribution in [0, 0.1) is 5.92 Å². The molecule has 17 heavy (non-hydrogen) atoms. The number of carbonyl (C=O) groups is 1. The van der Waals surface area contributed by atoms with Crippen molar-refractivity contribution in [2.24, 2.45) is 11.7 Å². The second-order valence-corrected chi connectivity index (χ2v) is 5.69. The van der Waals surface area contributed by atoms with Crippen LogP contribution in [0.15, 0.2) is 0 Å². The summed E-state index contributed by atoms with van der Waals surface area (Å²) in [7, 11) is 0. The molecule has 0 aliphatic heterocycles. The summed E-state index contributed by atoms with van der Waals surface area (Å²) >= 11 is 4.88. The third kappa shape index (κ3) is 5.00. The van der Waals surface area contributed by atoms with Gasteiger partial charge in [0.15, 0.2) is 0 Å². The Morgan fingerprint density at radius 1 is 1.35 bits per heavy atom. The molecule has 0 aromatic rings. The fraction of sp³-hybridized carbons (Fsp3) is 0.833. The quantitative estimate of drug-likeness (QED) is 0.625. The summed E-state index contributed by atoms with van der Waals surface area (Å²) in [4.78, 5) is 14.5. The zero-order chi connectivity index (χ0) is 12.3. The minimum atomic E-state index is 0.145. The minimum absolute atomic E-state index is 0.145. The molecule has 3 N–H and O–H groups in total. The molecule has 0 saturated heterocycles. The van der Waals surface area contributed by atoms with Crippen LogP contribution in [0.3, 0.4) is 0 Å². The Balaban J connectivity index is 1.67. The molecule has 2 saturated carbocycles. The highest BCUT2D eigenvalue weighted by Crippen LogP contribution is 2.28. The van der Waals surface area contributed by atoms with Crippen LogP contribution in [0.5, 0.6) is 0 Å². The van der Waals surface area contributed by atoms with Crippen molar-refractivity contribution < 1.29 is 4.79 Å². The van der Waals surface area contributed by atoms with Gasteiger partial charge in [-0.25, -0.2) is 0 Å². The number of carbonyl (C=O) groups excluding carboxylic acids is 1. The average Bonchev–Trinajstić information content (AvgIpc) is 3.15. The zero-order valence-electron chi connectivity index (χ0n) is 10.2. The maximum Gasteiger partial charge on any atom is 0.234 e. The fourth-order valence-corrected chi connectivity index (χ4v) is 2.00. The van der Waals surface area contributed by atoms with Crippen molar-refractivity contribution in [2.45, 2.75) is 38.1 Å². The first-order valence-electron chi connectivity index (χ1n) is 6.44. The molecule has 2 aliphatic rings. The van der Waals surface area contributed by atoms with Gasteiger partial charge in [0.25, 0.3) is 0 Å². The highest BCUT2D eigenvalue weighted by molar-refractivity contribution is 7.80. The van der Waals surface area contributed by atoms with Gasteiger partial charge in [-0.3, -0.25) is 9.69 Å². The Morgan fingerprint density at radius 2 is 2.06 bits per heavy atom. The summed E-state index contributed by atoms with van der Waals surface area (Å²) in [5.74, 6) is 0.886. The Hall–Kier alpha value is -0.680. The van der Waals surface area contributed by atoms with Crippen molar-refractivity contribution in [3.8, 4) is 0 Å². The number of nitrogens with two attached hydrogens (primary N) is 1. The van der Waals surface area contributed by atoms with E-state index in [1.807, 2.05) is 0 Å². The van der Waals surface area contributed by atoms with Gasteiger partial charge in [-0.05, 0) is 31.6 Å². The monoisotopic (exact) mass is 255 g/mol. The van der Waals surface area contributed by atoms with Crippen LogP contribution >= 0.6 is 12.2 Å². The molecule has 0 atom stereocenters. The minimum Gasteiger partial charge on any atom is -0.393 e. The van der Waals surface area contributed by atoms with Gasteiger partial charge >= 0.3 is 0 Å². The SMILES string of the molecule is NC(=S)CCN(CC(=O)NCC1CC1)C1CC1. The van der Waals surface area contributed by atoms with Crippen molar-refractivity contribution in [1.82, 2.24) is 10.2 Å². The van der Waals surface area contributed by atoms with Crippen molar-refractivity contribution in [3.63, 3.8) is 0 Å². The number of nitrogens with zero attached hydrogens (tertiary/aromatic N) is 1. The van der Waals surface area contributed by atoms with Gasteiger partial charge in [0.05, 0.1) is 11.5 Å². The van der Waals surface area contributed by atoms with Crippen LogP contribution < -0.4 is 11.1 Å². The van der Waals surface area contributed by atoms with Crippen LogP contribution in [0.25, 0.3) is 0 Å². The number of hydrogen-bond donors (Lipinski definition) is 2. The lowest BCUT2D eigenvalue weighted by Gasteiger charge is -2.21. The van der Waals surface area contributed by atoms with E-state index >= 15 is 0 Å². The van der Waals surface area contributed by atoms with E-state index < -0.39 is 0 Å². The first-order chi connectivity index (χ1) is 8.15. The predicted octanol–water partition coefficient (Wildman–Crippen LogP) is 0.653. The molecule has 5 heteroatoms. The lowest BCUT2D eigenvalue weighted by Crippen LogP contribution is -2.40. The second-order valence-electron chi connectivity index (χ2n) is 5.17. The van der Waals surface area contributed by atoms with Gasteiger partial charge in [0.1, 0.15) is 0 Å². The first-order valence-corrected chi connectivity index (χ1v) is 6.85. The second kappa shape index (κ2) is 5.78. The van der Waals surface area contributed by atoms with Crippen LogP contribution in [-0.2, 0) is 4.79 Å². The standard InChI is InChI=1S/C12H21N3OS/c13-11(17)5-6-15(10-3-4-10)8-12(16)14-7-9-1-2-9/h9-10H,1-8H2,(H2,13,17)(H,14,16). The fourth-order valence-electron chi connectivity index (χ4n) is 1.90. The van der Waals surface area contributed by atoms with Crippen LogP contribution in [0.4, 0.5) is 0 Å². The van der Waals surface area contributed by atoms with Crippen molar-refractivity contribution in [1.29, 1.82) is 0 Å². The molecule has 0 aromatic heterocycles. The highest BCUT2D eigenvalue weighted by Gasteiger charge is 2.30. The Labute approximate surface area is 108 Å². The summed E-state index contributed by atoms with van der Waals surface area (Å²) < 4.78 is 0. The summed E-state index contributed by atoms with van der Waals surface area (Å²) in [6.07, 6.45) is 5.66. The number of amides is 1. The molecule has 96 valence electrons.